The van der Waals surface area contributed by atoms with Crippen molar-refractivity contribution in [2.75, 3.05) is 7.11 Å². The van der Waals surface area contributed by atoms with Crippen LogP contribution in [0.5, 0.6) is 0 Å². The van der Waals surface area contributed by atoms with E-state index in [0.717, 1.165) is 43.3 Å². The monoisotopic (exact) mass is 838 g/mol. The minimum atomic E-state index is -1.10. The third-order valence-corrected chi connectivity index (χ3v) is 16.7. The molecule has 6 aliphatic carbocycles. The van der Waals surface area contributed by atoms with E-state index in [1.807, 2.05) is 26.0 Å². The fourth-order valence-corrected chi connectivity index (χ4v) is 13.2. The number of esters is 3. The Labute approximate surface area is 353 Å². The molecular weight excluding hydrogens is 773 g/mol. The molecule has 332 valence electrons. The standard InChI is InChI=1S/C24H30O6.C23H36O7/c1-21-7-4-14(25)10-13(21)11-15(20(27)28-3)19-16-5-8-23(9-6-18(26)30-23)22(16,2)12-17-24(19,21)29-17;1-4-13(2)23(29)30-20-11-17(25)9-15-6-5-14(3)19(22(15)20)8-7-16(24)10-18(26)12-21(27)28/h10,15-17,19H,4-9,11-12H2,1-3H3;5-6,9,13-14,16-20,22,24-26H,4,7-8,10-12H2,1-3H3,(H,27,28)/t15-,16+,17-,19+,21+,22+,23-,24-;13-,14-,16+,17+,18+,19-,20-,22-/m10/s1. The van der Waals surface area contributed by atoms with Crippen molar-refractivity contribution in [3.8, 4) is 0 Å². The average molecular weight is 839 g/mol. The molecule has 2 saturated heterocycles. The van der Waals surface area contributed by atoms with Crippen LogP contribution in [0.15, 0.2) is 35.5 Å². The molecule has 2 heterocycles. The smallest absolute Gasteiger partial charge is 0.309 e. The number of aliphatic hydroxyl groups excluding tert-OH is 3. The van der Waals surface area contributed by atoms with Crippen LogP contribution >= 0.6 is 0 Å². The van der Waals surface area contributed by atoms with Crippen LogP contribution < -0.4 is 0 Å². The summed E-state index contributed by atoms with van der Waals surface area (Å²) in [6.07, 6.45) is 12.2. The summed E-state index contributed by atoms with van der Waals surface area (Å²) in [6, 6.07) is 0. The van der Waals surface area contributed by atoms with Crippen molar-refractivity contribution in [3.63, 3.8) is 0 Å². The van der Waals surface area contributed by atoms with E-state index in [1.54, 1.807) is 6.08 Å². The topological polar surface area (TPSA) is 206 Å². The number of ketones is 1. The van der Waals surface area contributed by atoms with Gasteiger partial charge >= 0.3 is 23.9 Å². The van der Waals surface area contributed by atoms with Crippen molar-refractivity contribution < 1.29 is 63.3 Å². The number of fused-ring (bicyclic) bond motifs is 5. The SMILES string of the molecule is CC[C@H](C)C(=O)O[C@H]1C[C@H](O)C=C2C=C[C@H](C)[C@H](CC[C@@H](O)C[C@@H](O)CC(=O)O)[C@H]21.COC(=O)[C@@H]1CC2=CC(=O)CC[C@]2(C)[C@@]23O[C@@H]2C[C@@]2(C)[C@@H](CC[C@@]24CCC(=O)O4)[C@H]13. The van der Waals surface area contributed by atoms with E-state index in [-0.39, 0.29) is 94.9 Å². The van der Waals surface area contributed by atoms with Crippen LogP contribution in [0.1, 0.15) is 125 Å². The molecule has 0 radical (unpaired) electrons. The first-order chi connectivity index (χ1) is 28.3. The predicted octanol–water partition coefficient (Wildman–Crippen LogP) is 5.56. The zero-order chi connectivity index (χ0) is 43.5. The lowest BCUT2D eigenvalue weighted by atomic mass is 9.43. The van der Waals surface area contributed by atoms with Gasteiger partial charge in [0.1, 0.15) is 17.3 Å². The summed E-state index contributed by atoms with van der Waals surface area (Å²) in [6.45, 7) is 10.4. The number of rotatable bonds is 11. The maximum absolute atomic E-state index is 13.0. The Balaban J connectivity index is 0.000000181. The molecule has 2 spiro atoms. The van der Waals surface area contributed by atoms with E-state index in [9.17, 15) is 39.3 Å². The summed E-state index contributed by atoms with van der Waals surface area (Å²) in [5.41, 5.74) is 0.783. The Morgan fingerprint density at radius 3 is 2.48 bits per heavy atom. The second-order valence-corrected chi connectivity index (χ2v) is 19.8. The molecule has 3 saturated carbocycles. The molecule has 13 heteroatoms. The Hall–Kier alpha value is -3.39. The van der Waals surface area contributed by atoms with Crippen LogP contribution in [0.3, 0.4) is 0 Å². The van der Waals surface area contributed by atoms with Gasteiger partial charge in [0.15, 0.2) is 5.78 Å². The minimum Gasteiger partial charge on any atom is -0.481 e. The summed E-state index contributed by atoms with van der Waals surface area (Å²) >= 11 is 0. The fraction of sp³-hybridized carbons (Fsp3) is 0.766. The van der Waals surface area contributed by atoms with E-state index >= 15 is 0 Å². The first kappa shape index (κ1) is 44.7. The number of hydrogen-bond acceptors (Lipinski definition) is 12. The number of hydrogen-bond donors (Lipinski definition) is 4. The van der Waals surface area contributed by atoms with Gasteiger partial charge in [-0.3, -0.25) is 24.0 Å². The highest BCUT2D eigenvalue weighted by atomic mass is 16.6. The average Bonchev–Trinajstić information content (AvgIpc) is 3.68. The molecule has 8 rings (SSSR count). The van der Waals surface area contributed by atoms with Crippen molar-refractivity contribution in [1.29, 1.82) is 0 Å². The van der Waals surface area contributed by atoms with Gasteiger partial charge in [-0.1, -0.05) is 58.4 Å². The van der Waals surface area contributed by atoms with E-state index in [2.05, 4.69) is 26.8 Å². The largest absolute Gasteiger partial charge is 0.481 e. The minimum absolute atomic E-state index is 0.0156. The summed E-state index contributed by atoms with van der Waals surface area (Å²) in [7, 11) is 1.45. The second kappa shape index (κ2) is 16.7. The van der Waals surface area contributed by atoms with Crippen LogP contribution in [0, 0.1) is 52.3 Å². The van der Waals surface area contributed by atoms with Crippen LogP contribution in [-0.2, 0) is 42.9 Å². The molecule has 0 aromatic carbocycles. The summed E-state index contributed by atoms with van der Waals surface area (Å²) < 4.78 is 23.8. The number of epoxide rings is 1. The molecule has 13 nitrogen and oxygen atoms in total. The predicted molar refractivity (Wildman–Crippen MR) is 217 cm³/mol. The maximum Gasteiger partial charge on any atom is 0.309 e. The van der Waals surface area contributed by atoms with Crippen LogP contribution in [-0.4, -0.2) is 98.9 Å². The van der Waals surface area contributed by atoms with Gasteiger partial charge in [0.05, 0.1) is 49.8 Å². The highest BCUT2D eigenvalue weighted by molar-refractivity contribution is 5.92. The molecular formula is C47H66O13. The van der Waals surface area contributed by atoms with Gasteiger partial charge in [0, 0.05) is 41.9 Å². The summed E-state index contributed by atoms with van der Waals surface area (Å²) in [5, 5.41) is 39.1. The zero-order valence-electron chi connectivity index (χ0n) is 36.1. The zero-order valence-corrected chi connectivity index (χ0v) is 36.1. The molecule has 8 aliphatic rings. The molecule has 0 amide bonds. The Morgan fingerprint density at radius 2 is 1.82 bits per heavy atom. The lowest BCUT2D eigenvalue weighted by Crippen LogP contribution is -2.63. The maximum atomic E-state index is 13.0. The third-order valence-electron chi connectivity index (χ3n) is 16.7. The van der Waals surface area contributed by atoms with Crippen molar-refractivity contribution in [2.24, 2.45) is 52.3 Å². The fourth-order valence-electron chi connectivity index (χ4n) is 13.2. The van der Waals surface area contributed by atoms with Gasteiger partial charge in [-0.25, -0.2) is 0 Å². The van der Waals surface area contributed by atoms with Gasteiger partial charge in [-0.15, -0.1) is 0 Å². The van der Waals surface area contributed by atoms with Crippen molar-refractivity contribution >= 4 is 29.7 Å². The number of carboxylic acid groups (broad SMARTS) is 1. The summed E-state index contributed by atoms with van der Waals surface area (Å²) in [4.78, 5) is 60.5. The van der Waals surface area contributed by atoms with Gasteiger partial charge in [-0.2, -0.15) is 0 Å². The van der Waals surface area contributed by atoms with Crippen molar-refractivity contribution in [3.05, 3.63) is 35.5 Å². The number of methoxy groups -OCH3 is 1. The second-order valence-electron chi connectivity index (χ2n) is 19.8. The molecule has 0 unspecified atom stereocenters. The highest BCUT2D eigenvalue weighted by Gasteiger charge is 2.83. The van der Waals surface area contributed by atoms with Crippen molar-refractivity contribution in [2.45, 2.75) is 166 Å². The summed E-state index contributed by atoms with van der Waals surface area (Å²) in [5.74, 6) is -1.51. The van der Waals surface area contributed by atoms with Crippen LogP contribution in [0.25, 0.3) is 0 Å². The Bertz CT molecular complexity index is 1820. The van der Waals surface area contributed by atoms with E-state index in [1.165, 1.54) is 7.11 Å². The lowest BCUT2D eigenvalue weighted by molar-refractivity contribution is -0.172. The normalized spacial score (nSPS) is 42.2. The number of allylic oxidation sites excluding steroid dienone is 2. The molecule has 60 heavy (non-hydrogen) atoms. The lowest BCUT2D eigenvalue weighted by Gasteiger charge is -2.58. The molecule has 4 N–H and O–H groups in total. The number of aliphatic carboxylic acids is 1. The third kappa shape index (κ3) is 7.61. The Kier molecular flexibility index (Phi) is 12.4. The first-order valence-electron chi connectivity index (χ1n) is 22.4. The van der Waals surface area contributed by atoms with Crippen LogP contribution in [0.2, 0.25) is 0 Å². The van der Waals surface area contributed by atoms with Gasteiger partial charge in [-0.05, 0) is 93.6 Å². The quantitative estimate of drug-likeness (QED) is 0.114. The number of ether oxygens (including phenoxy) is 4. The van der Waals surface area contributed by atoms with Gasteiger partial charge in [0.25, 0.3) is 0 Å². The molecule has 2 aliphatic heterocycles. The van der Waals surface area contributed by atoms with Gasteiger partial charge < -0.3 is 39.4 Å². The molecule has 0 bridgehead atoms. The molecule has 0 aromatic heterocycles. The van der Waals surface area contributed by atoms with Gasteiger partial charge in [0.2, 0.25) is 0 Å². The number of carboxylic acids is 1. The first-order valence-corrected chi connectivity index (χ1v) is 22.4. The highest BCUT2D eigenvalue weighted by Crippen LogP contribution is 2.78. The van der Waals surface area contributed by atoms with E-state index in [4.69, 9.17) is 24.1 Å². The van der Waals surface area contributed by atoms with E-state index < -0.39 is 41.6 Å². The van der Waals surface area contributed by atoms with E-state index in [0.29, 0.717) is 44.9 Å². The number of carbonyl (C=O) groups is 5. The number of carbonyl (C=O) groups excluding carboxylic acids is 4. The number of aliphatic hydroxyl groups is 3. The molecule has 5 fully saturated rings. The molecule has 16 atom stereocenters. The molecule has 0 aromatic rings. The Morgan fingerprint density at radius 1 is 1.07 bits per heavy atom. The van der Waals surface area contributed by atoms with Crippen LogP contribution in [0.4, 0.5) is 0 Å². The van der Waals surface area contributed by atoms with Crippen molar-refractivity contribution in [1.82, 2.24) is 0 Å².